The van der Waals surface area contributed by atoms with Crippen LogP contribution in [0.1, 0.15) is 6.92 Å². The number of aromatic nitrogens is 1. The minimum atomic E-state index is 0.910. The van der Waals surface area contributed by atoms with Gasteiger partial charge in [-0.15, -0.1) is 0 Å². The molecule has 0 atom stereocenters. The van der Waals surface area contributed by atoms with Crippen molar-refractivity contribution in [1.82, 2.24) is 9.99 Å². The molecular weight excluding hydrogens is 164 g/mol. The number of pyridine rings is 1. The summed E-state index contributed by atoms with van der Waals surface area (Å²) in [5, 5.41) is 5.08. The number of hydrogen-bond acceptors (Lipinski definition) is 4. The molecule has 0 spiro atoms. The minimum Gasteiger partial charge on any atom is -0.384 e. The average Bonchev–Trinajstić information content (AvgIpc) is 2.04. The first kappa shape index (κ1) is 9.80. The lowest BCUT2D eigenvalue weighted by molar-refractivity contribution is 0.495. The number of hydrogen-bond donors (Lipinski definition) is 2. The van der Waals surface area contributed by atoms with Gasteiger partial charge in [-0.05, 0) is 13.0 Å². The molecule has 0 aliphatic rings. The van der Waals surface area contributed by atoms with Crippen LogP contribution in [0.25, 0.3) is 0 Å². The molecule has 0 saturated carbocycles. The number of anilines is 2. The normalized spacial score (nSPS) is 10.2. The van der Waals surface area contributed by atoms with Crippen molar-refractivity contribution >= 4 is 11.4 Å². The van der Waals surface area contributed by atoms with Crippen LogP contribution in [-0.2, 0) is 0 Å². The Morgan fingerprint density at radius 3 is 2.62 bits per heavy atom. The van der Waals surface area contributed by atoms with Crippen LogP contribution in [0, 0.1) is 0 Å². The summed E-state index contributed by atoms with van der Waals surface area (Å²) in [6.45, 7) is 2.97. The fourth-order valence-electron chi connectivity index (χ4n) is 1.06. The predicted molar refractivity (Wildman–Crippen MR) is 55.7 cm³/mol. The molecule has 4 heteroatoms. The largest absolute Gasteiger partial charge is 0.384 e. The Kier molecular flexibility index (Phi) is 3.52. The maximum atomic E-state index is 4.10. The minimum absolute atomic E-state index is 0.910. The van der Waals surface area contributed by atoms with Crippen LogP contribution in [-0.4, -0.2) is 30.6 Å². The lowest BCUT2D eigenvalue weighted by atomic mass is 10.4. The summed E-state index contributed by atoms with van der Waals surface area (Å²) in [5.41, 5.74) is 5.16. The summed E-state index contributed by atoms with van der Waals surface area (Å²) in [5.74, 6) is 0. The van der Waals surface area contributed by atoms with Crippen LogP contribution in [0.4, 0.5) is 11.4 Å². The SMILES string of the molecule is CCNc1cncc(NN(C)C)c1. The fraction of sp³-hybridized carbons (Fsp3) is 0.444. The third-order valence-corrected chi connectivity index (χ3v) is 1.47. The van der Waals surface area contributed by atoms with Gasteiger partial charge < -0.3 is 10.7 Å². The van der Waals surface area contributed by atoms with E-state index >= 15 is 0 Å². The van der Waals surface area contributed by atoms with Crippen molar-refractivity contribution in [2.45, 2.75) is 6.92 Å². The molecule has 1 rings (SSSR count). The molecule has 0 unspecified atom stereocenters. The Labute approximate surface area is 78.9 Å². The molecule has 0 aromatic carbocycles. The lowest BCUT2D eigenvalue weighted by Gasteiger charge is -2.13. The van der Waals surface area contributed by atoms with Gasteiger partial charge in [0.05, 0.1) is 23.8 Å². The topological polar surface area (TPSA) is 40.2 Å². The molecule has 72 valence electrons. The van der Waals surface area contributed by atoms with Gasteiger partial charge in [-0.1, -0.05) is 0 Å². The molecule has 13 heavy (non-hydrogen) atoms. The first-order valence-electron chi connectivity index (χ1n) is 4.35. The Bertz CT molecular complexity index is 260. The third-order valence-electron chi connectivity index (χ3n) is 1.47. The lowest BCUT2D eigenvalue weighted by Crippen LogP contribution is -2.19. The number of nitrogens with one attached hydrogen (secondary N) is 2. The molecule has 0 radical (unpaired) electrons. The van der Waals surface area contributed by atoms with E-state index in [-0.39, 0.29) is 0 Å². The quantitative estimate of drug-likeness (QED) is 0.687. The fourth-order valence-corrected chi connectivity index (χ4v) is 1.06. The van der Waals surface area contributed by atoms with Gasteiger partial charge in [0.2, 0.25) is 0 Å². The van der Waals surface area contributed by atoms with E-state index in [0.717, 1.165) is 17.9 Å². The van der Waals surface area contributed by atoms with Gasteiger partial charge in [0.1, 0.15) is 0 Å². The zero-order valence-corrected chi connectivity index (χ0v) is 8.33. The second-order valence-corrected chi connectivity index (χ2v) is 3.00. The van der Waals surface area contributed by atoms with E-state index in [1.165, 1.54) is 0 Å². The molecule has 0 aliphatic carbocycles. The number of nitrogens with zero attached hydrogens (tertiary/aromatic N) is 2. The second-order valence-electron chi connectivity index (χ2n) is 3.00. The van der Waals surface area contributed by atoms with Crippen molar-refractivity contribution in [2.24, 2.45) is 0 Å². The molecule has 0 amide bonds. The molecule has 4 nitrogen and oxygen atoms in total. The Morgan fingerprint density at radius 2 is 2.00 bits per heavy atom. The number of rotatable bonds is 4. The van der Waals surface area contributed by atoms with E-state index in [0.29, 0.717) is 0 Å². The van der Waals surface area contributed by atoms with Crippen LogP contribution in [0.2, 0.25) is 0 Å². The van der Waals surface area contributed by atoms with Crippen LogP contribution >= 0.6 is 0 Å². The first-order chi connectivity index (χ1) is 6.22. The van der Waals surface area contributed by atoms with Gasteiger partial charge in [0.25, 0.3) is 0 Å². The molecule has 1 aromatic heterocycles. The molecular formula is C9H16N4. The second kappa shape index (κ2) is 4.67. The maximum absolute atomic E-state index is 4.10. The molecule has 0 saturated heterocycles. The Hall–Kier alpha value is -1.29. The zero-order chi connectivity index (χ0) is 9.68. The summed E-state index contributed by atoms with van der Waals surface area (Å²) < 4.78 is 0. The van der Waals surface area contributed by atoms with Crippen molar-refractivity contribution in [3.8, 4) is 0 Å². The highest BCUT2D eigenvalue weighted by Gasteiger charge is 1.95. The van der Waals surface area contributed by atoms with Crippen LogP contribution in [0.15, 0.2) is 18.5 Å². The van der Waals surface area contributed by atoms with E-state index in [4.69, 9.17) is 0 Å². The smallest absolute Gasteiger partial charge is 0.0693 e. The average molecular weight is 180 g/mol. The van der Waals surface area contributed by atoms with Gasteiger partial charge in [-0.3, -0.25) is 4.98 Å². The summed E-state index contributed by atoms with van der Waals surface area (Å²) >= 11 is 0. The van der Waals surface area contributed by atoms with Crippen LogP contribution in [0.5, 0.6) is 0 Å². The van der Waals surface area contributed by atoms with Gasteiger partial charge in [0.15, 0.2) is 0 Å². The van der Waals surface area contributed by atoms with Crippen molar-refractivity contribution in [3.05, 3.63) is 18.5 Å². The summed E-state index contributed by atoms with van der Waals surface area (Å²) in [6, 6.07) is 2.02. The van der Waals surface area contributed by atoms with E-state index in [1.54, 1.807) is 6.20 Å². The van der Waals surface area contributed by atoms with Crippen molar-refractivity contribution in [3.63, 3.8) is 0 Å². The van der Waals surface area contributed by atoms with Gasteiger partial charge in [-0.25, -0.2) is 5.01 Å². The Balaban J connectivity index is 2.67. The highest BCUT2D eigenvalue weighted by Crippen LogP contribution is 2.12. The van der Waals surface area contributed by atoms with Gasteiger partial charge in [0, 0.05) is 20.6 Å². The number of hydrazine groups is 1. The summed E-state index contributed by atoms with van der Waals surface area (Å²) in [6.07, 6.45) is 3.60. The molecule has 1 aromatic rings. The van der Waals surface area contributed by atoms with E-state index < -0.39 is 0 Å². The molecule has 0 bridgehead atoms. The van der Waals surface area contributed by atoms with E-state index in [1.807, 2.05) is 31.4 Å². The van der Waals surface area contributed by atoms with Crippen LogP contribution < -0.4 is 10.7 Å². The molecule has 2 N–H and O–H groups in total. The van der Waals surface area contributed by atoms with E-state index in [2.05, 4.69) is 22.7 Å². The van der Waals surface area contributed by atoms with Crippen molar-refractivity contribution < 1.29 is 0 Å². The summed E-state index contributed by atoms with van der Waals surface area (Å²) in [7, 11) is 3.89. The Morgan fingerprint density at radius 1 is 1.31 bits per heavy atom. The van der Waals surface area contributed by atoms with Gasteiger partial charge >= 0.3 is 0 Å². The summed E-state index contributed by atoms with van der Waals surface area (Å²) in [4.78, 5) is 4.10. The van der Waals surface area contributed by atoms with Crippen molar-refractivity contribution in [1.29, 1.82) is 0 Å². The first-order valence-corrected chi connectivity index (χ1v) is 4.35. The molecule has 0 aliphatic heterocycles. The predicted octanol–water partition coefficient (Wildman–Crippen LogP) is 1.40. The molecule has 0 fully saturated rings. The van der Waals surface area contributed by atoms with Crippen molar-refractivity contribution in [2.75, 3.05) is 31.4 Å². The zero-order valence-electron chi connectivity index (χ0n) is 8.33. The van der Waals surface area contributed by atoms with E-state index in [9.17, 15) is 0 Å². The monoisotopic (exact) mass is 180 g/mol. The third kappa shape index (κ3) is 3.29. The van der Waals surface area contributed by atoms with Crippen LogP contribution in [0.3, 0.4) is 0 Å². The molecule has 1 heterocycles. The highest BCUT2D eigenvalue weighted by atomic mass is 15.5. The maximum Gasteiger partial charge on any atom is 0.0693 e. The standard InChI is InChI=1S/C9H16N4/c1-4-11-8-5-9(7-10-6-8)12-13(2)3/h5-7,11-12H,4H2,1-3H3. The van der Waals surface area contributed by atoms with Gasteiger partial charge in [-0.2, -0.15) is 0 Å². The highest BCUT2D eigenvalue weighted by molar-refractivity contribution is 5.53.